The maximum atomic E-state index is 13.8. The second-order valence-corrected chi connectivity index (χ2v) is 6.80. The fraction of sp³-hybridized carbons (Fsp3) is 0.625. The van der Waals surface area contributed by atoms with Crippen molar-refractivity contribution in [2.24, 2.45) is 5.92 Å². The van der Waals surface area contributed by atoms with E-state index in [1.165, 1.54) is 6.42 Å². The van der Waals surface area contributed by atoms with Gasteiger partial charge in [0.05, 0.1) is 4.47 Å². The molecule has 1 aromatic carbocycles. The summed E-state index contributed by atoms with van der Waals surface area (Å²) < 4.78 is 14.4. The minimum atomic E-state index is -0.160. The lowest BCUT2D eigenvalue weighted by atomic mass is 9.95. The van der Waals surface area contributed by atoms with Gasteiger partial charge in [-0.25, -0.2) is 4.39 Å². The highest BCUT2D eigenvalue weighted by Crippen LogP contribution is 2.30. The number of piperazine rings is 1. The van der Waals surface area contributed by atoms with Crippen LogP contribution >= 0.6 is 15.9 Å². The van der Waals surface area contributed by atoms with E-state index in [-0.39, 0.29) is 5.82 Å². The number of halogens is 2. The smallest absolute Gasteiger partial charge is 0.137 e. The molecule has 0 aromatic heterocycles. The molecule has 0 amide bonds. The molecule has 1 aliphatic heterocycles. The summed E-state index contributed by atoms with van der Waals surface area (Å²) in [5.41, 5.74) is 1.10. The summed E-state index contributed by atoms with van der Waals surface area (Å²) in [7, 11) is 0. The third-order valence-corrected chi connectivity index (χ3v) is 4.58. The zero-order valence-corrected chi connectivity index (χ0v) is 13.9. The molecule has 1 N–H and O–H groups in total. The Kier molecular flexibility index (Phi) is 6.00. The van der Waals surface area contributed by atoms with Gasteiger partial charge in [-0.1, -0.05) is 19.9 Å². The Morgan fingerprint density at radius 1 is 1.25 bits per heavy atom. The van der Waals surface area contributed by atoms with Crippen LogP contribution in [0.4, 0.5) is 4.39 Å². The minimum Gasteiger partial charge on any atom is -0.314 e. The van der Waals surface area contributed by atoms with E-state index in [2.05, 4.69) is 46.1 Å². The van der Waals surface area contributed by atoms with Gasteiger partial charge in [0.1, 0.15) is 5.82 Å². The highest BCUT2D eigenvalue weighted by molar-refractivity contribution is 9.10. The van der Waals surface area contributed by atoms with Gasteiger partial charge >= 0.3 is 0 Å². The van der Waals surface area contributed by atoms with Crippen LogP contribution in [0.15, 0.2) is 22.7 Å². The SMILES string of the molecule is CC(C)CC[C@@H](c1ccc(Br)c(F)c1)N1CCNCC1. The van der Waals surface area contributed by atoms with E-state index in [4.69, 9.17) is 0 Å². The Bertz CT molecular complexity index is 430. The lowest BCUT2D eigenvalue weighted by Crippen LogP contribution is -2.45. The molecule has 1 atom stereocenters. The standard InChI is InChI=1S/C16H24BrFN2/c1-12(2)3-6-16(20-9-7-19-8-10-20)13-4-5-14(17)15(18)11-13/h4-5,11-12,16,19H,3,6-10H2,1-2H3/t16-/m0/s1. The summed E-state index contributed by atoms with van der Waals surface area (Å²) in [5, 5.41) is 3.38. The molecule has 1 aromatic rings. The molecule has 112 valence electrons. The first kappa shape index (κ1) is 15.9. The molecular formula is C16H24BrFN2. The Hall–Kier alpha value is -0.450. The molecule has 20 heavy (non-hydrogen) atoms. The summed E-state index contributed by atoms with van der Waals surface area (Å²) in [6.07, 6.45) is 2.27. The van der Waals surface area contributed by atoms with Gasteiger partial charge in [-0.3, -0.25) is 4.90 Å². The minimum absolute atomic E-state index is 0.160. The van der Waals surface area contributed by atoms with E-state index in [1.807, 2.05) is 6.07 Å². The summed E-state index contributed by atoms with van der Waals surface area (Å²) >= 11 is 3.24. The Balaban J connectivity index is 2.17. The average molecular weight is 343 g/mol. The van der Waals surface area contributed by atoms with E-state index in [0.717, 1.165) is 38.2 Å². The van der Waals surface area contributed by atoms with Crippen molar-refractivity contribution in [3.05, 3.63) is 34.1 Å². The van der Waals surface area contributed by atoms with Crippen LogP contribution in [0.2, 0.25) is 0 Å². The quantitative estimate of drug-likeness (QED) is 0.870. The first-order valence-corrected chi connectivity index (χ1v) is 8.27. The number of hydrogen-bond acceptors (Lipinski definition) is 2. The largest absolute Gasteiger partial charge is 0.314 e. The summed E-state index contributed by atoms with van der Waals surface area (Å²) in [5.74, 6) is 0.521. The maximum Gasteiger partial charge on any atom is 0.137 e. The second-order valence-electron chi connectivity index (χ2n) is 5.95. The van der Waals surface area contributed by atoms with Gasteiger partial charge in [-0.2, -0.15) is 0 Å². The monoisotopic (exact) mass is 342 g/mol. The van der Waals surface area contributed by atoms with E-state index in [1.54, 1.807) is 6.07 Å². The molecule has 1 heterocycles. The molecule has 0 bridgehead atoms. The molecule has 0 aliphatic carbocycles. The fourth-order valence-corrected chi connectivity index (χ4v) is 3.01. The van der Waals surface area contributed by atoms with E-state index in [9.17, 15) is 4.39 Å². The van der Waals surface area contributed by atoms with Crippen molar-refractivity contribution >= 4 is 15.9 Å². The van der Waals surface area contributed by atoms with Crippen LogP contribution in [0.5, 0.6) is 0 Å². The molecule has 2 nitrogen and oxygen atoms in total. The van der Waals surface area contributed by atoms with Crippen LogP contribution in [-0.4, -0.2) is 31.1 Å². The molecule has 1 saturated heterocycles. The second kappa shape index (κ2) is 7.53. The first-order chi connectivity index (χ1) is 9.58. The summed E-state index contributed by atoms with van der Waals surface area (Å²) in [6, 6.07) is 5.91. The molecule has 0 spiro atoms. The van der Waals surface area contributed by atoms with E-state index < -0.39 is 0 Å². The van der Waals surface area contributed by atoms with Crippen molar-refractivity contribution in [2.45, 2.75) is 32.7 Å². The third-order valence-electron chi connectivity index (χ3n) is 3.94. The van der Waals surface area contributed by atoms with Crippen LogP contribution in [0.3, 0.4) is 0 Å². The van der Waals surface area contributed by atoms with E-state index >= 15 is 0 Å². The van der Waals surface area contributed by atoms with Crippen LogP contribution in [0.1, 0.15) is 38.3 Å². The number of rotatable bonds is 5. The molecule has 0 radical (unpaired) electrons. The number of nitrogens with zero attached hydrogens (tertiary/aromatic N) is 1. The van der Waals surface area contributed by atoms with Crippen molar-refractivity contribution in [3.8, 4) is 0 Å². The Morgan fingerprint density at radius 2 is 1.95 bits per heavy atom. The maximum absolute atomic E-state index is 13.8. The predicted molar refractivity (Wildman–Crippen MR) is 85.4 cm³/mol. The first-order valence-electron chi connectivity index (χ1n) is 7.47. The van der Waals surface area contributed by atoms with Crippen molar-refractivity contribution in [3.63, 3.8) is 0 Å². The van der Waals surface area contributed by atoms with Gasteiger partial charge in [-0.05, 0) is 52.4 Å². The molecule has 2 rings (SSSR count). The third kappa shape index (κ3) is 4.27. The Morgan fingerprint density at radius 3 is 2.55 bits per heavy atom. The van der Waals surface area contributed by atoms with Gasteiger partial charge in [0.25, 0.3) is 0 Å². The van der Waals surface area contributed by atoms with E-state index in [0.29, 0.717) is 16.4 Å². The Labute approximate surface area is 129 Å². The summed E-state index contributed by atoms with van der Waals surface area (Å²) in [6.45, 7) is 8.63. The van der Waals surface area contributed by atoms with Gasteiger partial charge in [0.15, 0.2) is 0 Å². The van der Waals surface area contributed by atoms with Crippen LogP contribution in [-0.2, 0) is 0 Å². The number of nitrogens with one attached hydrogen (secondary N) is 1. The van der Waals surface area contributed by atoms with Crippen LogP contribution in [0.25, 0.3) is 0 Å². The molecule has 0 saturated carbocycles. The van der Waals surface area contributed by atoms with Gasteiger partial charge in [-0.15, -0.1) is 0 Å². The fourth-order valence-electron chi connectivity index (χ4n) is 2.76. The lowest BCUT2D eigenvalue weighted by Gasteiger charge is -2.35. The van der Waals surface area contributed by atoms with Gasteiger partial charge in [0, 0.05) is 32.2 Å². The number of hydrogen-bond donors (Lipinski definition) is 1. The van der Waals surface area contributed by atoms with Gasteiger partial charge in [0.2, 0.25) is 0 Å². The van der Waals surface area contributed by atoms with Crippen LogP contribution < -0.4 is 5.32 Å². The zero-order valence-electron chi connectivity index (χ0n) is 12.3. The number of benzene rings is 1. The topological polar surface area (TPSA) is 15.3 Å². The van der Waals surface area contributed by atoms with Crippen molar-refractivity contribution in [1.29, 1.82) is 0 Å². The summed E-state index contributed by atoms with van der Waals surface area (Å²) in [4.78, 5) is 2.49. The molecule has 1 fully saturated rings. The normalized spacial score (nSPS) is 18.4. The highest BCUT2D eigenvalue weighted by atomic mass is 79.9. The van der Waals surface area contributed by atoms with Crippen molar-refractivity contribution in [2.75, 3.05) is 26.2 Å². The lowest BCUT2D eigenvalue weighted by molar-refractivity contribution is 0.159. The molecule has 1 aliphatic rings. The van der Waals surface area contributed by atoms with Crippen LogP contribution in [0, 0.1) is 11.7 Å². The highest BCUT2D eigenvalue weighted by Gasteiger charge is 2.22. The average Bonchev–Trinajstić information content (AvgIpc) is 2.44. The predicted octanol–water partition coefficient (Wildman–Crippen LogP) is 3.97. The molecule has 4 heteroatoms. The van der Waals surface area contributed by atoms with Gasteiger partial charge < -0.3 is 5.32 Å². The molecular weight excluding hydrogens is 319 g/mol. The zero-order chi connectivity index (χ0) is 14.5. The molecule has 0 unspecified atom stereocenters. The van der Waals surface area contributed by atoms with Crippen molar-refractivity contribution in [1.82, 2.24) is 10.2 Å². The van der Waals surface area contributed by atoms with Crippen molar-refractivity contribution < 1.29 is 4.39 Å².